The van der Waals surface area contributed by atoms with Crippen LogP contribution in [0.1, 0.15) is 0 Å². The first-order chi connectivity index (χ1) is 9.45. The molecule has 140 valence electrons. The molecule has 1 aromatic heterocycles. The van der Waals surface area contributed by atoms with Crippen molar-refractivity contribution in [3.63, 3.8) is 0 Å². The number of furan rings is 1. The summed E-state index contributed by atoms with van der Waals surface area (Å²) in [6.45, 7) is 0. The fraction of sp³-hybridized carbons (Fsp3) is 0. The molecule has 0 saturated heterocycles. The third-order valence-electron chi connectivity index (χ3n) is 2.95. The molecule has 4 rings (SSSR count). The summed E-state index contributed by atoms with van der Waals surface area (Å²) >= 11 is 0. The SMILES string of the molecule is F.F.F.F.F.F.c1ccc2c(c1)oc1ccccc12.c1ccccc1. The smallest absolute Gasteiger partial charge is 0.135 e. The molecular formula is C18H20F6O. The van der Waals surface area contributed by atoms with Gasteiger partial charge in [-0.25, -0.2) is 0 Å². The minimum Gasteiger partial charge on any atom is -0.456 e. The molecule has 1 heterocycles. The molecule has 0 aliphatic carbocycles. The average molecular weight is 366 g/mol. The van der Waals surface area contributed by atoms with Gasteiger partial charge in [-0.1, -0.05) is 72.8 Å². The third kappa shape index (κ3) is 6.99. The highest BCUT2D eigenvalue weighted by Crippen LogP contribution is 2.27. The molecule has 4 aromatic rings. The zero-order chi connectivity index (χ0) is 12.9. The van der Waals surface area contributed by atoms with Crippen molar-refractivity contribution < 1.29 is 32.6 Å². The Hall–Kier alpha value is -2.96. The predicted octanol–water partition coefficient (Wildman–Crippen LogP) is 6.19. The highest BCUT2D eigenvalue weighted by Gasteiger charge is 2.03. The van der Waals surface area contributed by atoms with Gasteiger partial charge in [0.15, 0.2) is 0 Å². The van der Waals surface area contributed by atoms with Crippen LogP contribution >= 0.6 is 0 Å². The Bertz CT molecular complexity index is 712. The van der Waals surface area contributed by atoms with E-state index in [9.17, 15) is 0 Å². The molecule has 0 unspecified atom stereocenters. The van der Waals surface area contributed by atoms with Gasteiger partial charge in [-0.3, -0.25) is 28.2 Å². The van der Waals surface area contributed by atoms with Crippen LogP contribution in [0.5, 0.6) is 0 Å². The summed E-state index contributed by atoms with van der Waals surface area (Å²) in [6, 6.07) is 28.2. The molecule has 0 saturated carbocycles. The minimum atomic E-state index is 0. The van der Waals surface area contributed by atoms with Crippen molar-refractivity contribution in [3.05, 3.63) is 84.9 Å². The van der Waals surface area contributed by atoms with Gasteiger partial charge in [-0.2, -0.15) is 0 Å². The van der Waals surface area contributed by atoms with E-state index in [4.69, 9.17) is 4.42 Å². The molecule has 1 nitrogen and oxygen atoms in total. The zero-order valence-electron chi connectivity index (χ0n) is 12.9. The van der Waals surface area contributed by atoms with Crippen molar-refractivity contribution in [2.75, 3.05) is 0 Å². The van der Waals surface area contributed by atoms with Gasteiger partial charge in [0.05, 0.1) is 0 Å². The second kappa shape index (κ2) is 14.6. The predicted molar refractivity (Wildman–Crippen MR) is 95.2 cm³/mol. The monoisotopic (exact) mass is 366 g/mol. The van der Waals surface area contributed by atoms with Gasteiger partial charge in [0.1, 0.15) is 11.2 Å². The number of rotatable bonds is 0. The maximum Gasteiger partial charge on any atom is 0.135 e. The number of hydrogen-bond acceptors (Lipinski definition) is 1. The molecule has 7 heteroatoms. The lowest BCUT2D eigenvalue weighted by atomic mass is 10.2. The summed E-state index contributed by atoms with van der Waals surface area (Å²) < 4.78 is 5.65. The molecule has 25 heavy (non-hydrogen) atoms. The van der Waals surface area contributed by atoms with Crippen molar-refractivity contribution in [2.24, 2.45) is 0 Å². The highest BCUT2D eigenvalue weighted by molar-refractivity contribution is 6.04. The Morgan fingerprint density at radius 2 is 0.640 bits per heavy atom. The van der Waals surface area contributed by atoms with Crippen LogP contribution in [0.25, 0.3) is 21.9 Å². The standard InChI is InChI=1S/C12H8O.C6H6.6FH/c1-3-7-11-9(5-1)10-6-2-4-8-12(10)13-11;1-2-4-6-5-3-1;;;;;;/h1-8H;1-6H;6*1H. The fourth-order valence-corrected chi connectivity index (χ4v) is 2.06. The quantitative estimate of drug-likeness (QED) is 0.338. The molecule has 3 aromatic carbocycles. The van der Waals surface area contributed by atoms with Gasteiger partial charge in [0, 0.05) is 10.8 Å². The average Bonchev–Trinajstić information content (AvgIpc) is 2.88. The molecule has 0 fully saturated rings. The molecule has 0 radical (unpaired) electrons. The van der Waals surface area contributed by atoms with Crippen molar-refractivity contribution in [2.45, 2.75) is 0 Å². The van der Waals surface area contributed by atoms with E-state index in [2.05, 4.69) is 12.1 Å². The van der Waals surface area contributed by atoms with Crippen molar-refractivity contribution in [3.8, 4) is 0 Å². The first-order valence-electron chi connectivity index (χ1n) is 6.31. The first-order valence-corrected chi connectivity index (χ1v) is 6.31. The van der Waals surface area contributed by atoms with E-state index in [0.29, 0.717) is 0 Å². The zero-order valence-corrected chi connectivity index (χ0v) is 12.9. The minimum absolute atomic E-state index is 0. The van der Waals surface area contributed by atoms with Crippen LogP contribution in [0.4, 0.5) is 28.2 Å². The van der Waals surface area contributed by atoms with E-state index in [1.165, 1.54) is 10.8 Å². The second-order valence-electron chi connectivity index (χ2n) is 4.25. The number of fused-ring (bicyclic) bond motifs is 3. The number of para-hydroxylation sites is 2. The van der Waals surface area contributed by atoms with Crippen LogP contribution in [-0.2, 0) is 0 Å². The Morgan fingerprint density at radius 3 is 0.960 bits per heavy atom. The van der Waals surface area contributed by atoms with Crippen LogP contribution in [-0.4, -0.2) is 0 Å². The first kappa shape index (κ1) is 30.0. The normalized spacial score (nSPS) is 7.68. The van der Waals surface area contributed by atoms with Crippen LogP contribution in [0.2, 0.25) is 0 Å². The topological polar surface area (TPSA) is 13.1 Å². The van der Waals surface area contributed by atoms with E-state index in [1.54, 1.807) is 0 Å². The van der Waals surface area contributed by atoms with E-state index < -0.39 is 0 Å². The van der Waals surface area contributed by atoms with Gasteiger partial charge in [0.25, 0.3) is 0 Å². The van der Waals surface area contributed by atoms with E-state index in [-0.39, 0.29) is 28.2 Å². The Balaban J connectivity index is -0.000000164. The molecule has 0 aliphatic rings. The van der Waals surface area contributed by atoms with Crippen LogP contribution < -0.4 is 0 Å². The summed E-state index contributed by atoms with van der Waals surface area (Å²) in [5.41, 5.74) is 1.92. The lowest BCUT2D eigenvalue weighted by molar-refractivity contribution is 0.669. The van der Waals surface area contributed by atoms with Gasteiger partial charge >= 0.3 is 0 Å². The van der Waals surface area contributed by atoms with Gasteiger partial charge in [-0.05, 0) is 12.1 Å². The number of halogens is 6. The molecule has 0 aliphatic heterocycles. The number of hydrogen-bond donors (Lipinski definition) is 0. The van der Waals surface area contributed by atoms with Crippen LogP contribution in [0.15, 0.2) is 89.3 Å². The maximum atomic E-state index is 5.65. The second-order valence-corrected chi connectivity index (χ2v) is 4.25. The van der Waals surface area contributed by atoms with Gasteiger partial charge < -0.3 is 4.42 Å². The van der Waals surface area contributed by atoms with Crippen molar-refractivity contribution >= 4 is 21.9 Å². The molecular weight excluding hydrogens is 346 g/mol. The largest absolute Gasteiger partial charge is 0.456 e. The van der Waals surface area contributed by atoms with Gasteiger partial charge in [-0.15, -0.1) is 0 Å². The van der Waals surface area contributed by atoms with Gasteiger partial charge in [0.2, 0.25) is 0 Å². The van der Waals surface area contributed by atoms with Crippen molar-refractivity contribution in [1.82, 2.24) is 0 Å². The Morgan fingerprint density at radius 1 is 0.360 bits per heavy atom. The lowest BCUT2D eigenvalue weighted by Crippen LogP contribution is -1.62. The van der Waals surface area contributed by atoms with Crippen LogP contribution in [0.3, 0.4) is 0 Å². The van der Waals surface area contributed by atoms with E-state index in [0.717, 1.165) is 11.2 Å². The molecule has 0 N–H and O–H groups in total. The molecule has 0 bridgehead atoms. The Labute approximate surface area is 140 Å². The van der Waals surface area contributed by atoms with Crippen molar-refractivity contribution in [1.29, 1.82) is 0 Å². The Kier molecular flexibility index (Phi) is 17.5. The van der Waals surface area contributed by atoms with E-state index >= 15 is 0 Å². The lowest BCUT2D eigenvalue weighted by Gasteiger charge is -1.85. The maximum absolute atomic E-state index is 5.65. The molecule has 0 spiro atoms. The summed E-state index contributed by atoms with van der Waals surface area (Å²) in [6.07, 6.45) is 0. The fourth-order valence-electron chi connectivity index (χ4n) is 2.06. The summed E-state index contributed by atoms with van der Waals surface area (Å²) in [7, 11) is 0. The summed E-state index contributed by atoms with van der Waals surface area (Å²) in [4.78, 5) is 0. The summed E-state index contributed by atoms with van der Waals surface area (Å²) in [5.74, 6) is 0. The van der Waals surface area contributed by atoms with E-state index in [1.807, 2.05) is 72.8 Å². The highest BCUT2D eigenvalue weighted by atomic mass is 19.0. The third-order valence-corrected chi connectivity index (χ3v) is 2.95. The number of benzene rings is 3. The van der Waals surface area contributed by atoms with Crippen LogP contribution in [0, 0.1) is 0 Å². The summed E-state index contributed by atoms with van der Waals surface area (Å²) in [5, 5.41) is 2.39. The molecule has 0 amide bonds. The molecule has 0 atom stereocenters.